The second-order valence-electron chi connectivity index (χ2n) is 6.02. The number of fused-ring (bicyclic) bond motifs is 2. The van der Waals surface area contributed by atoms with E-state index in [0.29, 0.717) is 12.5 Å². The summed E-state index contributed by atoms with van der Waals surface area (Å²) in [5.74, 6) is 2.10. The van der Waals surface area contributed by atoms with Gasteiger partial charge in [-0.15, -0.1) is 0 Å². The number of hydrogen-bond donors (Lipinski definition) is 1. The summed E-state index contributed by atoms with van der Waals surface area (Å²) >= 11 is 3.61. The first kappa shape index (κ1) is 14.9. The van der Waals surface area contributed by atoms with Crippen LogP contribution in [0, 0.1) is 0 Å². The summed E-state index contributed by atoms with van der Waals surface area (Å²) < 4.78 is 12.1. The number of hydrogen-bond acceptors (Lipinski definition) is 4. The van der Waals surface area contributed by atoms with Crippen LogP contribution in [0.15, 0.2) is 16.6 Å². The highest BCUT2D eigenvalue weighted by Crippen LogP contribution is 2.47. The molecule has 2 bridgehead atoms. The monoisotopic (exact) mass is 377 g/mol. The molecular formula is C17H20BrN3O2. The zero-order valence-corrected chi connectivity index (χ0v) is 14.9. The molecule has 0 amide bonds. The molecule has 1 aromatic heterocycles. The maximum absolute atomic E-state index is 5.68. The predicted octanol–water partition coefficient (Wildman–Crippen LogP) is 3.94. The number of anilines is 1. The zero-order valence-electron chi connectivity index (χ0n) is 13.4. The summed E-state index contributed by atoms with van der Waals surface area (Å²) in [4.78, 5) is 2.45. The Bertz CT molecular complexity index is 736. The SMILES string of the molecule is CCOc1c(Br)cc(-c2n[nH]c3c2N2CCC3CC2)cc1OC. The van der Waals surface area contributed by atoms with Crippen LogP contribution in [0.4, 0.5) is 5.69 Å². The molecule has 4 heterocycles. The molecule has 3 aliphatic rings. The van der Waals surface area contributed by atoms with Crippen molar-refractivity contribution in [1.29, 1.82) is 0 Å². The third-order valence-electron chi connectivity index (χ3n) is 4.78. The Morgan fingerprint density at radius 1 is 1.35 bits per heavy atom. The first-order chi connectivity index (χ1) is 11.2. The average Bonchev–Trinajstić information content (AvgIpc) is 3.05. The second-order valence-corrected chi connectivity index (χ2v) is 6.87. The summed E-state index contributed by atoms with van der Waals surface area (Å²) in [5, 5.41) is 7.89. The molecule has 5 nitrogen and oxygen atoms in total. The van der Waals surface area contributed by atoms with Gasteiger partial charge in [0.2, 0.25) is 0 Å². The highest BCUT2D eigenvalue weighted by atomic mass is 79.9. The van der Waals surface area contributed by atoms with Crippen molar-refractivity contribution < 1.29 is 9.47 Å². The van der Waals surface area contributed by atoms with Gasteiger partial charge in [0.1, 0.15) is 5.69 Å². The molecule has 1 N–H and O–H groups in total. The molecule has 1 aromatic carbocycles. The standard InChI is InChI=1S/C17H20BrN3O2/c1-3-23-17-12(18)8-11(9-13(17)22-2)15-16-14(19-20-15)10-4-6-21(16)7-5-10/h8-10H,3-7H2,1-2H3,(H,19,20). The minimum absolute atomic E-state index is 0.599. The highest BCUT2D eigenvalue weighted by molar-refractivity contribution is 9.10. The number of halogens is 1. The van der Waals surface area contributed by atoms with E-state index in [9.17, 15) is 0 Å². The van der Waals surface area contributed by atoms with Crippen LogP contribution in [-0.2, 0) is 0 Å². The van der Waals surface area contributed by atoms with E-state index in [1.54, 1.807) is 7.11 Å². The van der Waals surface area contributed by atoms with Crippen LogP contribution in [-0.4, -0.2) is 37.0 Å². The quantitative estimate of drug-likeness (QED) is 0.876. The van der Waals surface area contributed by atoms with Gasteiger partial charge in [0.25, 0.3) is 0 Å². The number of ether oxygens (including phenoxy) is 2. The minimum Gasteiger partial charge on any atom is -0.493 e. The Morgan fingerprint density at radius 3 is 2.83 bits per heavy atom. The normalized spacial score (nSPS) is 16.6. The Balaban J connectivity index is 1.82. The Labute approximate surface area is 144 Å². The van der Waals surface area contributed by atoms with Crippen molar-refractivity contribution in [1.82, 2.24) is 10.2 Å². The van der Waals surface area contributed by atoms with Crippen LogP contribution in [0.5, 0.6) is 11.5 Å². The number of nitrogens with one attached hydrogen (secondary N) is 1. The van der Waals surface area contributed by atoms with Crippen LogP contribution in [0.2, 0.25) is 0 Å². The van der Waals surface area contributed by atoms with E-state index in [4.69, 9.17) is 9.47 Å². The molecule has 5 rings (SSSR count). The van der Waals surface area contributed by atoms with Crippen molar-refractivity contribution in [2.75, 3.05) is 31.7 Å². The molecule has 0 spiro atoms. The number of H-pyrrole nitrogens is 1. The Morgan fingerprint density at radius 2 is 2.13 bits per heavy atom. The number of methoxy groups -OCH3 is 1. The molecule has 0 saturated carbocycles. The molecule has 0 aliphatic carbocycles. The second kappa shape index (κ2) is 5.74. The molecule has 1 fully saturated rings. The molecule has 0 unspecified atom stereocenters. The maximum Gasteiger partial charge on any atom is 0.175 e. The van der Waals surface area contributed by atoms with Crippen LogP contribution < -0.4 is 14.4 Å². The van der Waals surface area contributed by atoms with Crippen molar-refractivity contribution in [2.45, 2.75) is 25.7 Å². The fourth-order valence-corrected chi connectivity index (χ4v) is 4.24. The molecule has 3 aliphatic heterocycles. The third kappa shape index (κ3) is 2.31. The lowest BCUT2D eigenvalue weighted by molar-refractivity contribution is 0.309. The summed E-state index contributed by atoms with van der Waals surface area (Å²) in [5.41, 5.74) is 4.61. The zero-order chi connectivity index (χ0) is 16.0. The van der Waals surface area contributed by atoms with Gasteiger partial charge in [0.15, 0.2) is 11.5 Å². The van der Waals surface area contributed by atoms with E-state index in [-0.39, 0.29) is 0 Å². The number of rotatable bonds is 4. The lowest BCUT2D eigenvalue weighted by Gasteiger charge is -2.40. The fraction of sp³-hybridized carbons (Fsp3) is 0.471. The summed E-state index contributed by atoms with van der Waals surface area (Å²) in [6.45, 7) is 4.81. The number of aromatic amines is 1. The van der Waals surface area contributed by atoms with Crippen LogP contribution >= 0.6 is 15.9 Å². The van der Waals surface area contributed by atoms with Gasteiger partial charge < -0.3 is 14.4 Å². The first-order valence-corrected chi connectivity index (χ1v) is 8.86. The molecule has 1 saturated heterocycles. The van der Waals surface area contributed by atoms with Gasteiger partial charge in [-0.05, 0) is 47.8 Å². The van der Waals surface area contributed by atoms with Crippen molar-refractivity contribution in [3.05, 3.63) is 22.3 Å². The van der Waals surface area contributed by atoms with E-state index in [1.807, 2.05) is 13.0 Å². The maximum atomic E-state index is 5.68. The summed E-state index contributed by atoms with van der Waals surface area (Å²) in [6, 6.07) is 4.07. The van der Waals surface area contributed by atoms with Gasteiger partial charge in [-0.2, -0.15) is 5.10 Å². The summed E-state index contributed by atoms with van der Waals surface area (Å²) in [6.07, 6.45) is 2.45. The van der Waals surface area contributed by atoms with Crippen molar-refractivity contribution in [2.24, 2.45) is 0 Å². The average molecular weight is 378 g/mol. The number of piperidine rings is 1. The van der Waals surface area contributed by atoms with Crippen molar-refractivity contribution in [3.8, 4) is 22.8 Å². The van der Waals surface area contributed by atoms with Gasteiger partial charge in [0.05, 0.1) is 29.6 Å². The van der Waals surface area contributed by atoms with Crippen molar-refractivity contribution >= 4 is 21.6 Å². The smallest absolute Gasteiger partial charge is 0.175 e. The van der Waals surface area contributed by atoms with E-state index in [2.05, 4.69) is 37.1 Å². The van der Waals surface area contributed by atoms with Crippen molar-refractivity contribution in [3.63, 3.8) is 0 Å². The van der Waals surface area contributed by atoms with Crippen LogP contribution in [0.25, 0.3) is 11.3 Å². The van der Waals surface area contributed by atoms with Gasteiger partial charge in [-0.3, -0.25) is 5.10 Å². The Kier molecular flexibility index (Phi) is 3.71. The minimum atomic E-state index is 0.599. The third-order valence-corrected chi connectivity index (χ3v) is 5.37. The van der Waals surface area contributed by atoms with Crippen LogP contribution in [0.3, 0.4) is 0 Å². The number of aromatic nitrogens is 2. The molecular weight excluding hydrogens is 358 g/mol. The van der Waals surface area contributed by atoms with Gasteiger partial charge >= 0.3 is 0 Å². The molecule has 0 atom stereocenters. The lowest BCUT2D eigenvalue weighted by Crippen LogP contribution is -2.38. The topological polar surface area (TPSA) is 50.4 Å². The highest BCUT2D eigenvalue weighted by Gasteiger charge is 2.35. The first-order valence-electron chi connectivity index (χ1n) is 8.06. The molecule has 2 aromatic rings. The molecule has 122 valence electrons. The predicted molar refractivity (Wildman–Crippen MR) is 93.6 cm³/mol. The van der Waals surface area contributed by atoms with E-state index in [0.717, 1.165) is 40.3 Å². The summed E-state index contributed by atoms with van der Waals surface area (Å²) in [7, 11) is 1.67. The lowest BCUT2D eigenvalue weighted by atomic mass is 9.86. The van der Waals surface area contributed by atoms with Gasteiger partial charge in [-0.1, -0.05) is 0 Å². The fourth-order valence-electron chi connectivity index (χ4n) is 3.69. The van der Waals surface area contributed by atoms with E-state index >= 15 is 0 Å². The van der Waals surface area contributed by atoms with E-state index in [1.165, 1.54) is 24.2 Å². The number of benzene rings is 1. The van der Waals surface area contributed by atoms with E-state index < -0.39 is 0 Å². The Hall–Kier alpha value is -1.69. The van der Waals surface area contributed by atoms with Crippen LogP contribution in [0.1, 0.15) is 31.4 Å². The van der Waals surface area contributed by atoms with Gasteiger partial charge in [-0.25, -0.2) is 0 Å². The number of nitrogens with zero attached hydrogens (tertiary/aromatic N) is 2. The molecule has 23 heavy (non-hydrogen) atoms. The molecule has 0 radical (unpaired) electrons. The largest absolute Gasteiger partial charge is 0.493 e. The van der Waals surface area contributed by atoms with Gasteiger partial charge in [0, 0.05) is 24.6 Å². The molecule has 6 heteroatoms.